The fraction of sp³-hybridized carbons (Fsp3) is 0.846. The summed E-state index contributed by atoms with van der Waals surface area (Å²) in [6.07, 6.45) is 4.26. The number of carboxylic acid groups (broad SMARTS) is 1. The molecular formula is C13H22N2O3. The molecule has 2 rings (SSSR count). The molecule has 2 N–H and O–H groups in total. The number of piperidine rings is 2. The molecule has 2 heterocycles. The second kappa shape index (κ2) is 5.26. The molecule has 0 aromatic rings. The monoisotopic (exact) mass is 254 g/mol. The van der Waals surface area contributed by atoms with Crippen LogP contribution in [0.3, 0.4) is 0 Å². The number of likely N-dealkylation sites (tertiary alicyclic amines) is 1. The quantitative estimate of drug-likeness (QED) is 0.766. The Morgan fingerprint density at radius 3 is 2.44 bits per heavy atom. The summed E-state index contributed by atoms with van der Waals surface area (Å²) in [6.45, 7) is 3.83. The third-order valence-corrected chi connectivity index (χ3v) is 4.30. The van der Waals surface area contributed by atoms with Gasteiger partial charge in [0.25, 0.3) is 0 Å². The van der Waals surface area contributed by atoms with Crippen LogP contribution in [-0.2, 0) is 9.59 Å². The van der Waals surface area contributed by atoms with E-state index in [0.717, 1.165) is 25.8 Å². The molecule has 0 bridgehead atoms. The van der Waals surface area contributed by atoms with Crippen LogP contribution < -0.4 is 5.32 Å². The van der Waals surface area contributed by atoms with E-state index in [-0.39, 0.29) is 11.9 Å². The lowest BCUT2D eigenvalue weighted by molar-refractivity contribution is -0.153. The maximum absolute atomic E-state index is 12.3. The highest BCUT2D eigenvalue weighted by atomic mass is 16.4. The summed E-state index contributed by atoms with van der Waals surface area (Å²) in [6, 6.07) is -0.0482. The number of carbonyl (C=O) groups is 2. The summed E-state index contributed by atoms with van der Waals surface area (Å²) in [4.78, 5) is 25.2. The lowest BCUT2D eigenvalue weighted by Crippen LogP contribution is -2.52. The molecule has 1 atom stereocenters. The van der Waals surface area contributed by atoms with Gasteiger partial charge >= 0.3 is 5.97 Å². The van der Waals surface area contributed by atoms with Crippen LogP contribution in [-0.4, -0.2) is 47.6 Å². The Balaban J connectivity index is 1.89. The minimum atomic E-state index is -0.745. The van der Waals surface area contributed by atoms with Gasteiger partial charge in [-0.1, -0.05) is 6.42 Å². The molecule has 5 heteroatoms. The Labute approximate surface area is 108 Å². The Kier molecular flexibility index (Phi) is 3.90. The molecule has 0 unspecified atom stereocenters. The van der Waals surface area contributed by atoms with E-state index in [1.165, 1.54) is 0 Å². The zero-order valence-electron chi connectivity index (χ0n) is 10.9. The number of carboxylic acids is 1. The molecule has 102 valence electrons. The number of nitrogens with one attached hydrogen (secondary N) is 1. The average Bonchev–Trinajstić information content (AvgIpc) is 2.40. The number of nitrogens with zero attached hydrogens (tertiary/aromatic N) is 1. The van der Waals surface area contributed by atoms with Crippen molar-refractivity contribution in [3.63, 3.8) is 0 Å². The lowest BCUT2D eigenvalue weighted by atomic mass is 9.80. The second-order valence-corrected chi connectivity index (χ2v) is 5.69. The van der Waals surface area contributed by atoms with Crippen molar-refractivity contribution in [1.29, 1.82) is 0 Å². The number of carbonyl (C=O) groups excluding carboxylic acids is 1. The van der Waals surface area contributed by atoms with Gasteiger partial charge in [-0.05, 0) is 39.2 Å². The van der Waals surface area contributed by atoms with Gasteiger partial charge in [0.15, 0.2) is 0 Å². The maximum atomic E-state index is 12.3. The van der Waals surface area contributed by atoms with Gasteiger partial charge in [0.1, 0.15) is 0 Å². The third kappa shape index (κ3) is 2.66. The predicted molar refractivity (Wildman–Crippen MR) is 67.2 cm³/mol. The first-order valence-electron chi connectivity index (χ1n) is 6.78. The predicted octanol–water partition coefficient (Wildman–Crippen LogP) is 0.842. The molecule has 5 nitrogen and oxygen atoms in total. The summed E-state index contributed by atoms with van der Waals surface area (Å²) >= 11 is 0. The molecule has 0 aliphatic carbocycles. The standard InChI is InChI=1S/C13H22N2O3/c1-13(12(17)18)5-8-15(9-6-13)11(16)10-4-2-3-7-14-10/h10,14H,2-9H2,1H3,(H,17,18)/t10-/m1/s1. The van der Waals surface area contributed by atoms with E-state index in [0.29, 0.717) is 25.9 Å². The minimum absolute atomic E-state index is 0.0482. The molecule has 0 aromatic heterocycles. The van der Waals surface area contributed by atoms with Gasteiger partial charge in [-0.3, -0.25) is 9.59 Å². The van der Waals surface area contributed by atoms with Gasteiger partial charge in [-0.2, -0.15) is 0 Å². The number of amides is 1. The molecule has 2 aliphatic heterocycles. The number of hydrogen-bond acceptors (Lipinski definition) is 3. The number of hydrogen-bond donors (Lipinski definition) is 2. The molecule has 0 spiro atoms. The fourth-order valence-electron chi connectivity index (χ4n) is 2.72. The Morgan fingerprint density at radius 1 is 1.28 bits per heavy atom. The lowest BCUT2D eigenvalue weighted by Gasteiger charge is -2.38. The molecule has 2 fully saturated rings. The molecule has 0 radical (unpaired) electrons. The normalized spacial score (nSPS) is 27.8. The Morgan fingerprint density at radius 2 is 1.94 bits per heavy atom. The molecule has 18 heavy (non-hydrogen) atoms. The molecular weight excluding hydrogens is 232 g/mol. The highest BCUT2D eigenvalue weighted by Gasteiger charge is 2.39. The van der Waals surface area contributed by atoms with Crippen molar-refractivity contribution >= 4 is 11.9 Å². The second-order valence-electron chi connectivity index (χ2n) is 5.69. The van der Waals surface area contributed by atoms with Crippen LogP contribution in [0.25, 0.3) is 0 Å². The molecule has 0 saturated carbocycles. The molecule has 1 amide bonds. The van der Waals surface area contributed by atoms with Crippen molar-refractivity contribution in [2.75, 3.05) is 19.6 Å². The number of aliphatic carboxylic acids is 1. The number of rotatable bonds is 2. The van der Waals surface area contributed by atoms with Crippen molar-refractivity contribution in [2.45, 2.75) is 45.1 Å². The van der Waals surface area contributed by atoms with Gasteiger partial charge in [-0.25, -0.2) is 0 Å². The molecule has 2 aliphatic rings. The molecule has 0 aromatic carbocycles. The molecule has 2 saturated heterocycles. The average molecular weight is 254 g/mol. The van der Waals surface area contributed by atoms with Gasteiger partial charge in [-0.15, -0.1) is 0 Å². The van der Waals surface area contributed by atoms with Gasteiger partial charge < -0.3 is 15.3 Å². The summed E-state index contributed by atoms with van der Waals surface area (Å²) in [5.74, 6) is -0.590. The Bertz CT molecular complexity index is 329. The van der Waals surface area contributed by atoms with E-state index in [1.54, 1.807) is 6.92 Å². The Hall–Kier alpha value is -1.10. The first kappa shape index (κ1) is 13.3. The van der Waals surface area contributed by atoms with E-state index >= 15 is 0 Å². The third-order valence-electron chi connectivity index (χ3n) is 4.30. The van der Waals surface area contributed by atoms with Crippen LogP contribution >= 0.6 is 0 Å². The summed E-state index contributed by atoms with van der Waals surface area (Å²) in [5.41, 5.74) is -0.656. The van der Waals surface area contributed by atoms with E-state index < -0.39 is 11.4 Å². The topological polar surface area (TPSA) is 69.6 Å². The van der Waals surface area contributed by atoms with Crippen molar-refractivity contribution in [1.82, 2.24) is 10.2 Å². The van der Waals surface area contributed by atoms with Crippen molar-refractivity contribution in [2.24, 2.45) is 5.41 Å². The fourth-order valence-corrected chi connectivity index (χ4v) is 2.72. The van der Waals surface area contributed by atoms with Crippen LogP contribution in [0.5, 0.6) is 0 Å². The zero-order chi connectivity index (χ0) is 13.2. The van der Waals surface area contributed by atoms with Crippen LogP contribution in [0.15, 0.2) is 0 Å². The van der Waals surface area contributed by atoms with Gasteiger partial charge in [0.05, 0.1) is 11.5 Å². The minimum Gasteiger partial charge on any atom is -0.481 e. The van der Waals surface area contributed by atoms with E-state index in [9.17, 15) is 9.59 Å². The van der Waals surface area contributed by atoms with Gasteiger partial charge in [0.2, 0.25) is 5.91 Å². The first-order chi connectivity index (χ1) is 8.53. The summed E-state index contributed by atoms with van der Waals surface area (Å²) < 4.78 is 0. The first-order valence-corrected chi connectivity index (χ1v) is 6.78. The SMILES string of the molecule is CC1(C(=O)O)CCN(C(=O)[C@H]2CCCCN2)CC1. The maximum Gasteiger partial charge on any atom is 0.309 e. The highest BCUT2D eigenvalue weighted by molar-refractivity contribution is 5.82. The summed E-state index contributed by atoms with van der Waals surface area (Å²) in [5, 5.41) is 12.4. The largest absolute Gasteiger partial charge is 0.481 e. The van der Waals surface area contributed by atoms with Crippen molar-refractivity contribution in [3.05, 3.63) is 0 Å². The van der Waals surface area contributed by atoms with Crippen molar-refractivity contribution < 1.29 is 14.7 Å². The van der Waals surface area contributed by atoms with Crippen LogP contribution in [0.1, 0.15) is 39.0 Å². The smallest absolute Gasteiger partial charge is 0.309 e. The van der Waals surface area contributed by atoms with Crippen LogP contribution in [0.4, 0.5) is 0 Å². The van der Waals surface area contributed by atoms with Crippen LogP contribution in [0.2, 0.25) is 0 Å². The highest BCUT2D eigenvalue weighted by Crippen LogP contribution is 2.31. The van der Waals surface area contributed by atoms with E-state index in [2.05, 4.69) is 5.32 Å². The summed E-state index contributed by atoms with van der Waals surface area (Å²) in [7, 11) is 0. The van der Waals surface area contributed by atoms with Gasteiger partial charge in [0, 0.05) is 13.1 Å². The van der Waals surface area contributed by atoms with E-state index in [1.807, 2.05) is 4.90 Å². The van der Waals surface area contributed by atoms with Crippen LogP contribution in [0, 0.1) is 5.41 Å². The zero-order valence-corrected chi connectivity index (χ0v) is 10.9. The van der Waals surface area contributed by atoms with Crippen molar-refractivity contribution in [3.8, 4) is 0 Å². The van der Waals surface area contributed by atoms with E-state index in [4.69, 9.17) is 5.11 Å².